The third kappa shape index (κ3) is 1.12. The van der Waals surface area contributed by atoms with E-state index in [0.29, 0.717) is 6.54 Å². The average Bonchev–Trinajstić information content (AvgIpc) is 2.55. The molecule has 2 heterocycles. The SMILES string of the molecule is O[C@@H]1CNC[C@@H]1n1ccnn1. The molecular weight excluding hydrogens is 144 g/mol. The molecule has 0 aromatic carbocycles. The standard InChI is InChI=1S/C6H10N4O/c11-6-4-7-3-5(6)10-2-1-8-9-10/h1-2,5-7,11H,3-4H2/t5-,6+/m0/s1. The molecule has 0 unspecified atom stereocenters. The van der Waals surface area contributed by atoms with Crippen LogP contribution >= 0.6 is 0 Å². The van der Waals surface area contributed by atoms with Crippen LogP contribution in [0.2, 0.25) is 0 Å². The highest BCUT2D eigenvalue weighted by molar-refractivity contribution is 4.85. The summed E-state index contributed by atoms with van der Waals surface area (Å²) in [4.78, 5) is 0. The Morgan fingerprint density at radius 2 is 2.45 bits per heavy atom. The normalized spacial score (nSPS) is 31.0. The monoisotopic (exact) mass is 154 g/mol. The summed E-state index contributed by atoms with van der Waals surface area (Å²) in [6.07, 6.45) is 3.04. The first kappa shape index (κ1) is 6.75. The molecule has 0 aliphatic carbocycles. The Balaban J connectivity index is 2.16. The number of nitrogens with one attached hydrogen (secondary N) is 1. The van der Waals surface area contributed by atoms with Crippen LogP contribution < -0.4 is 5.32 Å². The van der Waals surface area contributed by atoms with Gasteiger partial charge in [0.05, 0.1) is 18.3 Å². The van der Waals surface area contributed by atoms with Gasteiger partial charge in [0, 0.05) is 19.3 Å². The van der Waals surface area contributed by atoms with E-state index in [1.807, 2.05) is 0 Å². The molecule has 1 aromatic heterocycles. The first-order valence-corrected chi connectivity index (χ1v) is 3.62. The van der Waals surface area contributed by atoms with Gasteiger partial charge in [0.1, 0.15) is 0 Å². The minimum atomic E-state index is -0.336. The third-order valence-corrected chi connectivity index (χ3v) is 1.93. The number of rotatable bonds is 1. The van der Waals surface area contributed by atoms with E-state index in [9.17, 15) is 5.11 Å². The van der Waals surface area contributed by atoms with Crippen molar-refractivity contribution in [3.63, 3.8) is 0 Å². The number of aliphatic hydroxyl groups excluding tert-OH is 1. The number of nitrogens with zero attached hydrogens (tertiary/aromatic N) is 3. The fraction of sp³-hybridized carbons (Fsp3) is 0.667. The lowest BCUT2D eigenvalue weighted by Crippen LogP contribution is -2.22. The van der Waals surface area contributed by atoms with Gasteiger partial charge in [0.15, 0.2) is 0 Å². The zero-order valence-electron chi connectivity index (χ0n) is 6.01. The van der Waals surface area contributed by atoms with Gasteiger partial charge in [-0.3, -0.25) is 0 Å². The maximum Gasteiger partial charge on any atom is 0.0932 e. The number of hydrogen-bond donors (Lipinski definition) is 2. The van der Waals surface area contributed by atoms with E-state index in [-0.39, 0.29) is 12.1 Å². The summed E-state index contributed by atoms with van der Waals surface area (Å²) >= 11 is 0. The summed E-state index contributed by atoms with van der Waals surface area (Å²) in [6.45, 7) is 1.41. The second kappa shape index (κ2) is 2.60. The molecule has 0 saturated carbocycles. The van der Waals surface area contributed by atoms with Crippen LogP contribution in [0, 0.1) is 0 Å². The number of β-amino-alcohol motifs (C(OH)–C–C–N with tert-alkyl or cyclic N) is 1. The van der Waals surface area contributed by atoms with E-state index >= 15 is 0 Å². The average molecular weight is 154 g/mol. The van der Waals surface area contributed by atoms with Crippen LogP contribution in [0.3, 0.4) is 0 Å². The summed E-state index contributed by atoms with van der Waals surface area (Å²) in [5.41, 5.74) is 0. The second-order valence-electron chi connectivity index (χ2n) is 2.68. The van der Waals surface area contributed by atoms with E-state index in [2.05, 4.69) is 15.6 Å². The predicted octanol–water partition coefficient (Wildman–Crippen LogP) is -1.22. The lowest BCUT2D eigenvalue weighted by atomic mass is 10.2. The Bertz CT molecular complexity index is 222. The summed E-state index contributed by atoms with van der Waals surface area (Å²) in [7, 11) is 0. The molecule has 2 N–H and O–H groups in total. The summed E-state index contributed by atoms with van der Waals surface area (Å²) < 4.78 is 1.69. The van der Waals surface area contributed by atoms with Gasteiger partial charge in [0.25, 0.3) is 0 Å². The van der Waals surface area contributed by atoms with Gasteiger partial charge in [-0.15, -0.1) is 5.10 Å². The first-order chi connectivity index (χ1) is 5.38. The summed E-state index contributed by atoms with van der Waals surface area (Å²) in [6, 6.07) is 0.0532. The molecule has 1 fully saturated rings. The van der Waals surface area contributed by atoms with Gasteiger partial charge in [-0.1, -0.05) is 5.21 Å². The first-order valence-electron chi connectivity index (χ1n) is 3.62. The Hall–Kier alpha value is -0.940. The highest BCUT2D eigenvalue weighted by Crippen LogP contribution is 2.12. The molecule has 1 saturated heterocycles. The van der Waals surface area contributed by atoms with Crippen LogP contribution in [0.5, 0.6) is 0 Å². The topological polar surface area (TPSA) is 63.0 Å². The lowest BCUT2D eigenvalue weighted by Gasteiger charge is -2.11. The molecule has 0 radical (unpaired) electrons. The minimum absolute atomic E-state index is 0.0532. The van der Waals surface area contributed by atoms with Crippen LogP contribution in [-0.2, 0) is 0 Å². The van der Waals surface area contributed by atoms with Crippen LogP contribution in [0.1, 0.15) is 6.04 Å². The van der Waals surface area contributed by atoms with E-state index in [0.717, 1.165) is 6.54 Å². The molecule has 60 valence electrons. The van der Waals surface area contributed by atoms with Crippen LogP contribution in [0.15, 0.2) is 12.4 Å². The summed E-state index contributed by atoms with van der Waals surface area (Å²) in [5, 5.41) is 20.0. The molecule has 2 rings (SSSR count). The van der Waals surface area contributed by atoms with Crippen molar-refractivity contribution in [2.75, 3.05) is 13.1 Å². The Morgan fingerprint density at radius 1 is 1.55 bits per heavy atom. The third-order valence-electron chi connectivity index (χ3n) is 1.93. The van der Waals surface area contributed by atoms with Gasteiger partial charge in [-0.2, -0.15) is 0 Å². The number of hydrogen-bond acceptors (Lipinski definition) is 4. The maximum atomic E-state index is 9.41. The molecule has 1 aliphatic heterocycles. The molecule has 1 aliphatic rings. The lowest BCUT2D eigenvalue weighted by molar-refractivity contribution is 0.143. The van der Waals surface area contributed by atoms with Gasteiger partial charge < -0.3 is 10.4 Å². The second-order valence-corrected chi connectivity index (χ2v) is 2.68. The Kier molecular flexibility index (Phi) is 1.59. The van der Waals surface area contributed by atoms with Crippen molar-refractivity contribution >= 4 is 0 Å². The van der Waals surface area contributed by atoms with Crippen molar-refractivity contribution in [3.05, 3.63) is 12.4 Å². The van der Waals surface area contributed by atoms with Crippen molar-refractivity contribution in [2.45, 2.75) is 12.1 Å². The number of aromatic nitrogens is 3. The zero-order chi connectivity index (χ0) is 7.68. The molecule has 0 bridgehead atoms. The van der Waals surface area contributed by atoms with E-state index in [4.69, 9.17) is 0 Å². The smallest absolute Gasteiger partial charge is 0.0932 e. The van der Waals surface area contributed by atoms with Crippen LogP contribution in [-0.4, -0.2) is 39.3 Å². The molecule has 0 amide bonds. The van der Waals surface area contributed by atoms with E-state index < -0.39 is 0 Å². The largest absolute Gasteiger partial charge is 0.390 e. The van der Waals surface area contributed by atoms with Crippen LogP contribution in [0.25, 0.3) is 0 Å². The molecule has 11 heavy (non-hydrogen) atoms. The molecule has 1 aromatic rings. The van der Waals surface area contributed by atoms with Gasteiger partial charge >= 0.3 is 0 Å². The van der Waals surface area contributed by atoms with E-state index in [1.165, 1.54) is 0 Å². The minimum Gasteiger partial charge on any atom is -0.390 e. The van der Waals surface area contributed by atoms with Crippen molar-refractivity contribution in [1.29, 1.82) is 0 Å². The maximum absolute atomic E-state index is 9.41. The molecular formula is C6H10N4O. The quantitative estimate of drug-likeness (QED) is 0.532. The van der Waals surface area contributed by atoms with Crippen LogP contribution in [0.4, 0.5) is 0 Å². The predicted molar refractivity (Wildman–Crippen MR) is 37.9 cm³/mol. The fourth-order valence-electron chi connectivity index (χ4n) is 1.32. The van der Waals surface area contributed by atoms with Crippen molar-refractivity contribution in [2.24, 2.45) is 0 Å². The van der Waals surface area contributed by atoms with Crippen molar-refractivity contribution in [3.8, 4) is 0 Å². The highest BCUT2D eigenvalue weighted by atomic mass is 16.3. The highest BCUT2D eigenvalue weighted by Gasteiger charge is 2.26. The van der Waals surface area contributed by atoms with Gasteiger partial charge in [0.2, 0.25) is 0 Å². The Labute approximate surface area is 64.0 Å². The molecule has 0 spiro atoms. The zero-order valence-corrected chi connectivity index (χ0v) is 6.01. The molecule has 2 atom stereocenters. The Morgan fingerprint density at radius 3 is 3.00 bits per heavy atom. The molecule has 5 heteroatoms. The fourth-order valence-corrected chi connectivity index (χ4v) is 1.32. The van der Waals surface area contributed by atoms with Gasteiger partial charge in [-0.25, -0.2) is 4.68 Å². The van der Waals surface area contributed by atoms with Crippen molar-refractivity contribution in [1.82, 2.24) is 20.3 Å². The van der Waals surface area contributed by atoms with Crippen molar-refractivity contribution < 1.29 is 5.11 Å². The van der Waals surface area contributed by atoms with E-state index in [1.54, 1.807) is 17.1 Å². The molecule has 5 nitrogen and oxygen atoms in total. The number of aliphatic hydroxyl groups is 1. The van der Waals surface area contributed by atoms with Gasteiger partial charge in [-0.05, 0) is 0 Å². The summed E-state index contributed by atoms with van der Waals surface area (Å²) in [5.74, 6) is 0.